The molecule has 0 unspecified atom stereocenters. The summed E-state index contributed by atoms with van der Waals surface area (Å²) in [6.45, 7) is 9.80. The minimum absolute atomic E-state index is 0.0991. The third kappa shape index (κ3) is 2.71. The van der Waals surface area contributed by atoms with Gasteiger partial charge in [0, 0.05) is 5.56 Å². The van der Waals surface area contributed by atoms with Gasteiger partial charge in [-0.15, -0.1) is 0 Å². The number of carbonyl (C=O) groups is 1. The van der Waals surface area contributed by atoms with E-state index >= 15 is 0 Å². The number of rotatable bonds is 3. The number of benzene rings is 2. The van der Waals surface area contributed by atoms with Gasteiger partial charge in [-0.05, 0) is 68.0 Å². The zero-order valence-corrected chi connectivity index (χ0v) is 13.4. The third-order valence-electron chi connectivity index (χ3n) is 4.31. The Bertz CT molecular complexity index is 712. The van der Waals surface area contributed by atoms with E-state index in [9.17, 15) is 9.90 Å². The van der Waals surface area contributed by atoms with Crippen molar-refractivity contribution in [1.82, 2.24) is 0 Å². The summed E-state index contributed by atoms with van der Waals surface area (Å²) < 4.78 is 0. The molecule has 21 heavy (non-hydrogen) atoms. The van der Waals surface area contributed by atoms with Crippen LogP contribution in [0.4, 0.5) is 0 Å². The summed E-state index contributed by atoms with van der Waals surface area (Å²) >= 11 is 0. The zero-order valence-electron chi connectivity index (χ0n) is 13.4. The van der Waals surface area contributed by atoms with E-state index in [0.29, 0.717) is 11.1 Å². The summed E-state index contributed by atoms with van der Waals surface area (Å²) in [5.41, 5.74) is 6.05. The molecule has 110 valence electrons. The van der Waals surface area contributed by atoms with Gasteiger partial charge in [-0.1, -0.05) is 25.1 Å². The fourth-order valence-electron chi connectivity index (χ4n) is 2.59. The standard InChI is InChI=1S/C19H22O2/c1-6-15-7-8-16(12(3)9-15)19(21)17-10-11(2)13(4)14(5)18(17)20/h7-10,20H,6H2,1-5H3. The van der Waals surface area contributed by atoms with Crippen LogP contribution in [0, 0.1) is 27.7 Å². The monoisotopic (exact) mass is 282 g/mol. The van der Waals surface area contributed by atoms with Gasteiger partial charge in [0.15, 0.2) is 5.78 Å². The van der Waals surface area contributed by atoms with E-state index in [-0.39, 0.29) is 11.5 Å². The van der Waals surface area contributed by atoms with Crippen molar-refractivity contribution in [2.75, 3.05) is 0 Å². The minimum atomic E-state index is -0.112. The van der Waals surface area contributed by atoms with Gasteiger partial charge in [0.1, 0.15) is 5.75 Å². The number of hydrogen-bond acceptors (Lipinski definition) is 2. The SMILES string of the molecule is CCc1ccc(C(=O)c2cc(C)c(C)c(C)c2O)c(C)c1. The average Bonchev–Trinajstić information content (AvgIpc) is 2.48. The van der Waals surface area contributed by atoms with Gasteiger partial charge in [0.05, 0.1) is 5.56 Å². The molecule has 0 saturated carbocycles. The van der Waals surface area contributed by atoms with Gasteiger partial charge in [-0.25, -0.2) is 0 Å². The van der Waals surface area contributed by atoms with Crippen molar-refractivity contribution in [3.8, 4) is 5.75 Å². The molecule has 0 fully saturated rings. The van der Waals surface area contributed by atoms with E-state index in [1.165, 1.54) is 5.56 Å². The van der Waals surface area contributed by atoms with Gasteiger partial charge < -0.3 is 5.11 Å². The quantitative estimate of drug-likeness (QED) is 0.846. The van der Waals surface area contributed by atoms with Crippen LogP contribution in [0.15, 0.2) is 24.3 Å². The number of ketones is 1. The summed E-state index contributed by atoms with van der Waals surface area (Å²) in [6, 6.07) is 7.66. The molecule has 0 aliphatic carbocycles. The largest absolute Gasteiger partial charge is 0.507 e. The van der Waals surface area contributed by atoms with Crippen molar-refractivity contribution in [3.05, 3.63) is 63.2 Å². The maximum atomic E-state index is 12.7. The Hall–Kier alpha value is -2.09. The molecule has 2 rings (SSSR count). The van der Waals surface area contributed by atoms with Crippen LogP contribution < -0.4 is 0 Å². The summed E-state index contributed by atoms with van der Waals surface area (Å²) in [4.78, 5) is 12.7. The number of aromatic hydroxyl groups is 1. The highest BCUT2D eigenvalue weighted by Crippen LogP contribution is 2.30. The van der Waals surface area contributed by atoms with Crippen LogP contribution in [0.25, 0.3) is 0 Å². The van der Waals surface area contributed by atoms with Gasteiger partial charge in [0.2, 0.25) is 0 Å². The van der Waals surface area contributed by atoms with Gasteiger partial charge in [0.25, 0.3) is 0 Å². The topological polar surface area (TPSA) is 37.3 Å². The Kier molecular flexibility index (Phi) is 4.17. The smallest absolute Gasteiger partial charge is 0.197 e. The van der Waals surface area contributed by atoms with Crippen molar-refractivity contribution in [2.24, 2.45) is 0 Å². The van der Waals surface area contributed by atoms with Crippen molar-refractivity contribution < 1.29 is 9.90 Å². The van der Waals surface area contributed by atoms with E-state index in [0.717, 1.165) is 28.7 Å². The van der Waals surface area contributed by atoms with Crippen LogP contribution in [0.2, 0.25) is 0 Å². The number of phenols is 1. The highest BCUT2D eigenvalue weighted by Gasteiger charge is 2.19. The lowest BCUT2D eigenvalue weighted by Crippen LogP contribution is -2.06. The fraction of sp³-hybridized carbons (Fsp3) is 0.316. The molecular weight excluding hydrogens is 260 g/mol. The fourth-order valence-corrected chi connectivity index (χ4v) is 2.59. The van der Waals surface area contributed by atoms with Crippen LogP contribution in [0.1, 0.15) is 50.7 Å². The molecule has 0 radical (unpaired) electrons. The maximum Gasteiger partial charge on any atom is 0.197 e. The Morgan fingerprint density at radius 2 is 1.62 bits per heavy atom. The Balaban J connectivity index is 2.55. The molecule has 0 aromatic heterocycles. The number of carbonyl (C=O) groups excluding carboxylic acids is 1. The minimum Gasteiger partial charge on any atom is -0.507 e. The van der Waals surface area contributed by atoms with Crippen molar-refractivity contribution >= 4 is 5.78 Å². The van der Waals surface area contributed by atoms with E-state index < -0.39 is 0 Å². The van der Waals surface area contributed by atoms with Crippen molar-refractivity contribution in [2.45, 2.75) is 41.0 Å². The molecule has 0 heterocycles. The molecule has 0 atom stereocenters. The first-order valence-electron chi connectivity index (χ1n) is 7.30. The molecule has 0 amide bonds. The molecule has 2 heteroatoms. The Morgan fingerprint density at radius 3 is 2.19 bits per heavy atom. The molecule has 0 saturated heterocycles. The molecule has 2 aromatic rings. The highest BCUT2D eigenvalue weighted by molar-refractivity contribution is 6.12. The normalized spacial score (nSPS) is 10.7. The highest BCUT2D eigenvalue weighted by atomic mass is 16.3. The van der Waals surface area contributed by atoms with Crippen LogP contribution >= 0.6 is 0 Å². The van der Waals surface area contributed by atoms with Gasteiger partial charge in [-0.2, -0.15) is 0 Å². The molecule has 2 nitrogen and oxygen atoms in total. The lowest BCUT2D eigenvalue weighted by molar-refractivity contribution is 0.103. The van der Waals surface area contributed by atoms with Crippen LogP contribution in [-0.4, -0.2) is 10.9 Å². The Labute approximate surface area is 126 Å². The van der Waals surface area contributed by atoms with E-state index in [1.54, 1.807) is 6.07 Å². The molecular formula is C19H22O2. The lowest BCUT2D eigenvalue weighted by atomic mass is 9.92. The second kappa shape index (κ2) is 5.72. The number of phenolic OH excluding ortho intramolecular Hbond substituents is 1. The predicted molar refractivity (Wildman–Crippen MR) is 86.3 cm³/mol. The molecule has 1 N–H and O–H groups in total. The second-order valence-electron chi connectivity index (χ2n) is 5.67. The number of hydrogen-bond donors (Lipinski definition) is 1. The molecule has 0 spiro atoms. The first kappa shape index (κ1) is 15.3. The van der Waals surface area contributed by atoms with Crippen LogP contribution in [0.5, 0.6) is 5.75 Å². The third-order valence-corrected chi connectivity index (χ3v) is 4.31. The maximum absolute atomic E-state index is 12.7. The summed E-state index contributed by atoms with van der Waals surface area (Å²) in [6.07, 6.45) is 0.948. The van der Waals surface area contributed by atoms with Crippen molar-refractivity contribution in [1.29, 1.82) is 0 Å². The molecule has 0 aliphatic heterocycles. The summed E-state index contributed by atoms with van der Waals surface area (Å²) in [5, 5.41) is 10.3. The number of aryl methyl sites for hydroxylation is 3. The first-order chi connectivity index (χ1) is 9.86. The van der Waals surface area contributed by atoms with E-state index in [4.69, 9.17) is 0 Å². The Morgan fingerprint density at radius 1 is 0.952 bits per heavy atom. The van der Waals surface area contributed by atoms with E-state index in [1.807, 2.05) is 45.9 Å². The molecule has 0 aliphatic rings. The zero-order chi connectivity index (χ0) is 15.7. The first-order valence-corrected chi connectivity index (χ1v) is 7.30. The summed E-state index contributed by atoms with van der Waals surface area (Å²) in [5.74, 6) is -0.0130. The predicted octanol–water partition coefficient (Wildman–Crippen LogP) is 4.42. The lowest BCUT2D eigenvalue weighted by Gasteiger charge is -2.13. The van der Waals surface area contributed by atoms with Crippen LogP contribution in [-0.2, 0) is 6.42 Å². The molecule has 2 aromatic carbocycles. The second-order valence-corrected chi connectivity index (χ2v) is 5.67. The van der Waals surface area contributed by atoms with Crippen LogP contribution in [0.3, 0.4) is 0 Å². The van der Waals surface area contributed by atoms with Gasteiger partial charge in [-0.3, -0.25) is 4.79 Å². The van der Waals surface area contributed by atoms with Gasteiger partial charge >= 0.3 is 0 Å². The van der Waals surface area contributed by atoms with E-state index in [2.05, 4.69) is 6.92 Å². The van der Waals surface area contributed by atoms with Crippen molar-refractivity contribution in [3.63, 3.8) is 0 Å². The average molecular weight is 282 g/mol. The summed E-state index contributed by atoms with van der Waals surface area (Å²) in [7, 11) is 0. The molecule has 0 bridgehead atoms.